The van der Waals surface area contributed by atoms with Gasteiger partial charge in [0.25, 0.3) is 0 Å². The van der Waals surface area contributed by atoms with Crippen molar-refractivity contribution in [2.24, 2.45) is 5.92 Å². The maximum atomic E-state index is 13.0. The minimum atomic E-state index is -3.82. The van der Waals surface area contributed by atoms with E-state index in [-0.39, 0.29) is 23.2 Å². The molecular weight excluding hydrogens is 367 g/mol. The lowest BCUT2D eigenvalue weighted by Crippen LogP contribution is -2.47. The third kappa shape index (κ3) is 6.45. The normalized spacial score (nSPS) is 12.8. The molecule has 0 saturated heterocycles. The minimum absolute atomic E-state index is 0.118. The summed E-state index contributed by atoms with van der Waals surface area (Å²) in [6, 6.07) is 11.3. The lowest BCUT2D eigenvalue weighted by atomic mass is 10.0. The predicted molar refractivity (Wildman–Crippen MR) is 103 cm³/mol. The van der Waals surface area contributed by atoms with Crippen molar-refractivity contribution in [1.29, 1.82) is 0 Å². The van der Waals surface area contributed by atoms with E-state index in [0.29, 0.717) is 6.42 Å². The van der Waals surface area contributed by atoms with Gasteiger partial charge in [-0.15, -0.1) is 0 Å². The highest BCUT2D eigenvalue weighted by atomic mass is 32.2. The van der Waals surface area contributed by atoms with Crippen LogP contribution in [0.2, 0.25) is 0 Å². The fraction of sp³-hybridized carbons (Fsp3) is 0.350. The lowest BCUT2D eigenvalue weighted by Gasteiger charge is -2.20. The smallest absolute Gasteiger partial charge is 0.241 e. The first-order chi connectivity index (χ1) is 12.7. The van der Waals surface area contributed by atoms with Gasteiger partial charge in [0.2, 0.25) is 15.9 Å². The number of halogens is 1. The Bertz CT molecular complexity index is 863. The van der Waals surface area contributed by atoms with Crippen LogP contribution in [0, 0.1) is 18.7 Å². The van der Waals surface area contributed by atoms with E-state index >= 15 is 0 Å². The zero-order valence-corrected chi connectivity index (χ0v) is 16.5. The van der Waals surface area contributed by atoms with Crippen LogP contribution in [0.25, 0.3) is 0 Å². The summed E-state index contributed by atoms with van der Waals surface area (Å²) in [5, 5.41) is 2.72. The summed E-state index contributed by atoms with van der Waals surface area (Å²) < 4.78 is 40.7. The van der Waals surface area contributed by atoms with Crippen LogP contribution in [-0.4, -0.2) is 20.4 Å². The number of sulfonamides is 1. The first kappa shape index (κ1) is 21.1. The molecule has 0 radical (unpaired) electrons. The maximum Gasteiger partial charge on any atom is 0.241 e. The lowest BCUT2D eigenvalue weighted by molar-refractivity contribution is -0.123. The molecule has 1 amide bonds. The fourth-order valence-corrected chi connectivity index (χ4v) is 3.78. The average Bonchev–Trinajstić information content (AvgIpc) is 2.60. The quantitative estimate of drug-likeness (QED) is 0.725. The Morgan fingerprint density at radius 2 is 1.63 bits per heavy atom. The number of hydrogen-bond donors (Lipinski definition) is 2. The summed E-state index contributed by atoms with van der Waals surface area (Å²) in [6.45, 7) is 5.90. The number of aryl methyl sites for hydroxylation is 1. The molecule has 7 heteroatoms. The van der Waals surface area contributed by atoms with Crippen LogP contribution in [0.1, 0.15) is 31.4 Å². The molecule has 2 aromatic carbocycles. The summed E-state index contributed by atoms with van der Waals surface area (Å²) in [7, 11) is -3.82. The molecule has 2 aromatic rings. The summed E-state index contributed by atoms with van der Waals surface area (Å²) >= 11 is 0. The van der Waals surface area contributed by atoms with Gasteiger partial charge in [-0.3, -0.25) is 4.79 Å². The van der Waals surface area contributed by atoms with Gasteiger partial charge in [0.1, 0.15) is 11.9 Å². The number of nitrogens with one attached hydrogen (secondary N) is 2. The Labute approximate surface area is 160 Å². The van der Waals surface area contributed by atoms with Gasteiger partial charge >= 0.3 is 0 Å². The van der Waals surface area contributed by atoms with Crippen LogP contribution in [0.4, 0.5) is 4.39 Å². The zero-order valence-electron chi connectivity index (χ0n) is 15.7. The minimum Gasteiger partial charge on any atom is -0.351 e. The highest BCUT2D eigenvalue weighted by Crippen LogP contribution is 2.13. The molecule has 0 heterocycles. The monoisotopic (exact) mass is 392 g/mol. The van der Waals surface area contributed by atoms with Gasteiger partial charge in [-0.2, -0.15) is 4.72 Å². The van der Waals surface area contributed by atoms with Crippen molar-refractivity contribution in [3.63, 3.8) is 0 Å². The summed E-state index contributed by atoms with van der Waals surface area (Å²) in [4.78, 5) is 12.7. The van der Waals surface area contributed by atoms with Crippen LogP contribution in [0.3, 0.4) is 0 Å². The number of benzene rings is 2. The number of rotatable bonds is 8. The molecule has 1 atom stereocenters. The molecule has 146 valence electrons. The van der Waals surface area contributed by atoms with Crippen molar-refractivity contribution in [2.75, 3.05) is 0 Å². The van der Waals surface area contributed by atoms with Crippen molar-refractivity contribution in [3.05, 3.63) is 65.5 Å². The molecule has 0 spiro atoms. The molecule has 27 heavy (non-hydrogen) atoms. The standard InChI is InChI=1S/C20H25FN2O3S/c1-14(2)12-19(20(24)22-13-16-6-8-17(21)9-7-16)23-27(25,26)18-10-4-15(3)5-11-18/h4-11,14,19,23H,12-13H2,1-3H3,(H,22,24)/t19-/m0/s1. The molecule has 2 N–H and O–H groups in total. The molecule has 0 aliphatic carbocycles. The van der Waals surface area contributed by atoms with Crippen LogP contribution >= 0.6 is 0 Å². The van der Waals surface area contributed by atoms with Crippen LogP contribution in [0.5, 0.6) is 0 Å². The van der Waals surface area contributed by atoms with E-state index in [2.05, 4.69) is 10.0 Å². The Morgan fingerprint density at radius 1 is 1.04 bits per heavy atom. The van der Waals surface area contributed by atoms with Gasteiger partial charge < -0.3 is 5.32 Å². The second-order valence-corrected chi connectivity index (χ2v) is 8.67. The molecule has 0 saturated carbocycles. The van der Waals surface area contributed by atoms with Crippen molar-refractivity contribution < 1.29 is 17.6 Å². The van der Waals surface area contributed by atoms with Crippen molar-refractivity contribution in [3.8, 4) is 0 Å². The van der Waals surface area contributed by atoms with Gasteiger partial charge in [-0.25, -0.2) is 12.8 Å². The average molecular weight is 392 g/mol. The third-order valence-corrected chi connectivity index (χ3v) is 5.52. The molecule has 5 nitrogen and oxygen atoms in total. The topological polar surface area (TPSA) is 75.3 Å². The molecule has 2 rings (SSSR count). The highest BCUT2D eigenvalue weighted by molar-refractivity contribution is 7.89. The van der Waals surface area contributed by atoms with Gasteiger partial charge in [-0.1, -0.05) is 43.7 Å². The Balaban J connectivity index is 2.09. The fourth-order valence-electron chi connectivity index (χ4n) is 2.57. The third-order valence-electron chi connectivity index (χ3n) is 4.03. The van der Waals surface area contributed by atoms with E-state index in [4.69, 9.17) is 0 Å². The SMILES string of the molecule is Cc1ccc(S(=O)(=O)N[C@@H](CC(C)C)C(=O)NCc2ccc(F)cc2)cc1. The molecule has 0 bridgehead atoms. The maximum absolute atomic E-state index is 13.0. The largest absolute Gasteiger partial charge is 0.351 e. The van der Waals surface area contributed by atoms with E-state index in [9.17, 15) is 17.6 Å². The van der Waals surface area contributed by atoms with Gasteiger partial charge in [0.05, 0.1) is 4.90 Å². The first-order valence-electron chi connectivity index (χ1n) is 8.78. The molecule has 0 aromatic heterocycles. The number of hydrogen-bond acceptors (Lipinski definition) is 3. The Morgan fingerprint density at radius 3 is 2.19 bits per heavy atom. The highest BCUT2D eigenvalue weighted by Gasteiger charge is 2.26. The molecular formula is C20H25FN2O3S. The van der Waals surface area contributed by atoms with E-state index in [1.807, 2.05) is 20.8 Å². The summed E-state index contributed by atoms with van der Waals surface area (Å²) in [5.41, 5.74) is 1.68. The van der Waals surface area contributed by atoms with Crippen molar-refractivity contribution in [2.45, 2.75) is 44.7 Å². The Hall–Kier alpha value is -2.25. The van der Waals surface area contributed by atoms with Crippen molar-refractivity contribution >= 4 is 15.9 Å². The Kier molecular flexibility index (Phi) is 7.10. The second kappa shape index (κ2) is 9.10. The van der Waals surface area contributed by atoms with E-state index in [1.54, 1.807) is 24.3 Å². The zero-order chi connectivity index (χ0) is 20.0. The van der Waals surface area contributed by atoms with E-state index in [1.165, 1.54) is 24.3 Å². The molecule has 0 aliphatic heterocycles. The molecule has 0 aliphatic rings. The van der Waals surface area contributed by atoms with Crippen molar-refractivity contribution in [1.82, 2.24) is 10.0 Å². The number of carbonyl (C=O) groups is 1. The van der Waals surface area contributed by atoms with Crippen LogP contribution in [-0.2, 0) is 21.4 Å². The summed E-state index contributed by atoms with van der Waals surface area (Å²) in [6.07, 6.45) is 0.361. The number of carbonyl (C=O) groups excluding carboxylic acids is 1. The summed E-state index contributed by atoms with van der Waals surface area (Å²) in [5.74, 6) is -0.649. The molecule has 0 fully saturated rings. The number of amides is 1. The van der Waals surface area contributed by atoms with Gasteiger partial charge in [-0.05, 0) is 49.1 Å². The molecule has 0 unspecified atom stereocenters. The van der Waals surface area contributed by atoms with Gasteiger partial charge in [0.15, 0.2) is 0 Å². The van der Waals surface area contributed by atoms with Crippen LogP contribution < -0.4 is 10.0 Å². The second-order valence-electron chi connectivity index (χ2n) is 6.96. The predicted octanol–water partition coefficient (Wildman–Crippen LogP) is 3.14. The van der Waals surface area contributed by atoms with E-state index < -0.39 is 22.0 Å². The van der Waals surface area contributed by atoms with E-state index in [0.717, 1.165) is 11.1 Å². The first-order valence-corrected chi connectivity index (χ1v) is 10.3. The van der Waals surface area contributed by atoms with Crippen LogP contribution in [0.15, 0.2) is 53.4 Å². The van der Waals surface area contributed by atoms with Gasteiger partial charge in [0, 0.05) is 6.54 Å².